The highest BCUT2D eigenvalue weighted by Gasteiger charge is 2.58. The lowest BCUT2D eigenvalue weighted by Crippen LogP contribution is -2.50. The van der Waals surface area contributed by atoms with Crippen LogP contribution in [0.3, 0.4) is 0 Å². The van der Waals surface area contributed by atoms with Gasteiger partial charge in [0.1, 0.15) is 5.78 Å². The molecule has 0 spiro atoms. The van der Waals surface area contributed by atoms with E-state index in [1.54, 1.807) is 0 Å². The lowest BCUT2D eigenvalue weighted by atomic mass is 9.49. The van der Waals surface area contributed by atoms with E-state index in [1.165, 1.54) is 0 Å². The first-order valence-corrected chi connectivity index (χ1v) is 8.63. The van der Waals surface area contributed by atoms with Gasteiger partial charge < -0.3 is 5.73 Å². The van der Waals surface area contributed by atoms with Crippen LogP contribution in [-0.2, 0) is 9.59 Å². The van der Waals surface area contributed by atoms with E-state index in [1.807, 2.05) is 0 Å². The number of nitrogens with two attached hydrogens (primary N) is 1. The van der Waals surface area contributed by atoms with Crippen molar-refractivity contribution in [1.29, 1.82) is 0 Å². The fraction of sp³-hybridized carbons (Fsp3) is 0.684. The van der Waals surface area contributed by atoms with Crippen molar-refractivity contribution in [2.45, 2.75) is 52.4 Å². The molecule has 118 valence electrons. The predicted octanol–water partition coefficient (Wildman–Crippen LogP) is 3.15. The number of hydrogen-bond acceptors (Lipinski definition) is 3. The maximum absolute atomic E-state index is 12.4. The summed E-state index contributed by atoms with van der Waals surface area (Å²) in [6.07, 6.45) is 9.73. The molecule has 3 heteroatoms. The van der Waals surface area contributed by atoms with Gasteiger partial charge in [-0.3, -0.25) is 9.59 Å². The number of carbonyl (C=O) groups excluding carboxylic acids is 2. The lowest BCUT2D eigenvalue weighted by Gasteiger charge is -2.54. The number of fused-ring (bicyclic) bond motifs is 5. The molecule has 0 aromatic carbocycles. The highest BCUT2D eigenvalue weighted by atomic mass is 16.1. The average molecular weight is 299 g/mol. The van der Waals surface area contributed by atoms with Gasteiger partial charge in [-0.05, 0) is 54.4 Å². The first-order chi connectivity index (χ1) is 10.4. The number of allylic oxidation sites excluding steroid dienone is 4. The van der Waals surface area contributed by atoms with Crippen molar-refractivity contribution >= 4 is 11.6 Å². The molecule has 0 bridgehead atoms. The van der Waals surface area contributed by atoms with Crippen molar-refractivity contribution in [1.82, 2.24) is 0 Å². The van der Waals surface area contributed by atoms with Gasteiger partial charge in [-0.25, -0.2) is 0 Å². The van der Waals surface area contributed by atoms with Crippen LogP contribution in [0.25, 0.3) is 0 Å². The zero-order chi connectivity index (χ0) is 15.7. The maximum atomic E-state index is 12.4. The Morgan fingerprint density at radius 2 is 1.77 bits per heavy atom. The minimum absolute atomic E-state index is 0.0182. The maximum Gasteiger partial charge on any atom is 0.178 e. The molecule has 5 atom stereocenters. The first kappa shape index (κ1) is 14.2. The van der Waals surface area contributed by atoms with Crippen molar-refractivity contribution in [3.63, 3.8) is 0 Å². The molecular weight excluding hydrogens is 274 g/mol. The van der Waals surface area contributed by atoms with Gasteiger partial charge in [0.25, 0.3) is 0 Å². The third-order valence-corrected chi connectivity index (χ3v) is 7.42. The molecule has 5 unspecified atom stereocenters. The number of ketones is 2. The van der Waals surface area contributed by atoms with Crippen LogP contribution in [0.4, 0.5) is 0 Å². The molecule has 0 radical (unpaired) electrons. The number of hydrogen-bond donors (Lipinski definition) is 1. The Labute approximate surface area is 132 Å². The van der Waals surface area contributed by atoms with Crippen molar-refractivity contribution in [2.24, 2.45) is 34.3 Å². The van der Waals surface area contributed by atoms with E-state index in [0.29, 0.717) is 35.7 Å². The Hall–Kier alpha value is -1.38. The standard InChI is InChI=1S/C19H25NO2/c1-18-10-8-15(21)17(20)14(18)4-3-11-12-5-6-16(22)19(12,2)9-7-13(11)18/h3-4,11-13H,5-10,20H2,1-2H3. The molecular formula is C19H25NO2. The molecule has 3 nitrogen and oxygen atoms in total. The first-order valence-electron chi connectivity index (χ1n) is 8.63. The SMILES string of the molecule is CC12CCC3C(C=CC4=C(N)C(=O)CCC43C)C1CCC2=O. The average Bonchev–Trinajstić information content (AvgIpc) is 2.79. The second-order valence-electron chi connectivity index (χ2n) is 8.24. The van der Waals surface area contributed by atoms with Crippen LogP contribution in [0.2, 0.25) is 0 Å². The topological polar surface area (TPSA) is 60.2 Å². The van der Waals surface area contributed by atoms with E-state index in [2.05, 4.69) is 26.0 Å². The van der Waals surface area contributed by atoms with Crippen LogP contribution in [0.5, 0.6) is 0 Å². The van der Waals surface area contributed by atoms with Crippen LogP contribution in [-0.4, -0.2) is 11.6 Å². The van der Waals surface area contributed by atoms with E-state index in [-0.39, 0.29) is 16.6 Å². The zero-order valence-corrected chi connectivity index (χ0v) is 13.5. The van der Waals surface area contributed by atoms with Gasteiger partial charge in [0.15, 0.2) is 5.78 Å². The summed E-state index contributed by atoms with van der Waals surface area (Å²) in [5.74, 6) is 2.05. The van der Waals surface area contributed by atoms with Gasteiger partial charge in [-0.1, -0.05) is 26.0 Å². The Balaban J connectivity index is 1.80. The number of rotatable bonds is 0. The summed E-state index contributed by atoms with van der Waals surface area (Å²) >= 11 is 0. The van der Waals surface area contributed by atoms with Crippen molar-refractivity contribution in [3.05, 3.63) is 23.4 Å². The van der Waals surface area contributed by atoms with Crippen molar-refractivity contribution in [3.8, 4) is 0 Å². The monoisotopic (exact) mass is 299 g/mol. The minimum Gasteiger partial charge on any atom is -0.396 e. The molecule has 2 fully saturated rings. The molecule has 0 amide bonds. The summed E-state index contributed by atoms with van der Waals surface area (Å²) in [5, 5.41) is 0. The van der Waals surface area contributed by atoms with Gasteiger partial charge in [0.05, 0.1) is 5.70 Å². The highest BCUT2D eigenvalue weighted by molar-refractivity contribution is 5.97. The van der Waals surface area contributed by atoms with Gasteiger partial charge in [0.2, 0.25) is 0 Å². The second-order valence-corrected chi connectivity index (χ2v) is 8.24. The van der Waals surface area contributed by atoms with Crippen LogP contribution in [0, 0.1) is 28.6 Å². The quantitative estimate of drug-likeness (QED) is 0.747. The largest absolute Gasteiger partial charge is 0.396 e. The molecule has 2 N–H and O–H groups in total. The van der Waals surface area contributed by atoms with Crippen molar-refractivity contribution < 1.29 is 9.59 Å². The molecule has 22 heavy (non-hydrogen) atoms. The van der Waals surface area contributed by atoms with Gasteiger partial charge >= 0.3 is 0 Å². The van der Waals surface area contributed by atoms with Gasteiger partial charge in [-0.2, -0.15) is 0 Å². The van der Waals surface area contributed by atoms with Gasteiger partial charge in [-0.15, -0.1) is 0 Å². The van der Waals surface area contributed by atoms with Gasteiger partial charge in [0, 0.05) is 18.3 Å². The normalized spacial score (nSPS) is 47.3. The Morgan fingerprint density at radius 1 is 1.05 bits per heavy atom. The van der Waals surface area contributed by atoms with E-state index in [9.17, 15) is 9.59 Å². The summed E-state index contributed by atoms with van der Waals surface area (Å²) < 4.78 is 0. The van der Waals surface area contributed by atoms with E-state index in [4.69, 9.17) is 5.73 Å². The molecule has 4 aliphatic carbocycles. The molecule has 0 aromatic rings. The summed E-state index contributed by atoms with van der Waals surface area (Å²) in [5.41, 5.74) is 7.58. The summed E-state index contributed by atoms with van der Waals surface area (Å²) in [6, 6.07) is 0. The molecule has 0 saturated heterocycles. The molecule has 0 aliphatic heterocycles. The van der Waals surface area contributed by atoms with Crippen LogP contribution < -0.4 is 5.73 Å². The van der Waals surface area contributed by atoms with E-state index < -0.39 is 0 Å². The zero-order valence-electron chi connectivity index (χ0n) is 13.5. The fourth-order valence-electron chi connectivity index (χ4n) is 5.95. The summed E-state index contributed by atoms with van der Waals surface area (Å²) in [7, 11) is 0. The van der Waals surface area contributed by atoms with E-state index >= 15 is 0 Å². The molecule has 0 heterocycles. The molecule has 0 aromatic heterocycles. The Bertz CT molecular complexity index is 631. The summed E-state index contributed by atoms with van der Waals surface area (Å²) in [4.78, 5) is 24.3. The fourth-order valence-corrected chi connectivity index (χ4v) is 5.95. The molecule has 4 rings (SSSR count). The number of carbonyl (C=O) groups is 2. The third kappa shape index (κ3) is 1.57. The van der Waals surface area contributed by atoms with Crippen LogP contribution in [0.15, 0.2) is 23.4 Å². The van der Waals surface area contributed by atoms with E-state index in [0.717, 1.165) is 37.7 Å². The molecule has 4 aliphatic rings. The Morgan fingerprint density at radius 3 is 2.55 bits per heavy atom. The predicted molar refractivity (Wildman–Crippen MR) is 84.8 cm³/mol. The van der Waals surface area contributed by atoms with Crippen LogP contribution in [0.1, 0.15) is 52.4 Å². The Kier molecular flexibility index (Phi) is 2.80. The summed E-state index contributed by atoms with van der Waals surface area (Å²) in [6.45, 7) is 4.48. The smallest absolute Gasteiger partial charge is 0.178 e. The second kappa shape index (κ2) is 4.33. The van der Waals surface area contributed by atoms with Crippen molar-refractivity contribution in [2.75, 3.05) is 0 Å². The van der Waals surface area contributed by atoms with Crippen LogP contribution >= 0.6 is 0 Å². The molecule has 2 saturated carbocycles. The highest BCUT2D eigenvalue weighted by Crippen LogP contribution is 2.62. The number of Topliss-reactive ketones (excluding diaryl/α,β-unsaturated/α-hetero) is 2. The third-order valence-electron chi connectivity index (χ3n) is 7.42. The lowest BCUT2D eigenvalue weighted by molar-refractivity contribution is -0.130. The minimum atomic E-state index is -0.112.